The van der Waals surface area contributed by atoms with Crippen molar-refractivity contribution in [3.8, 4) is 11.4 Å². The Labute approximate surface area is 144 Å². The molecular formula is C18H17FN4O2. The van der Waals surface area contributed by atoms with E-state index in [0.717, 1.165) is 5.69 Å². The number of nitrogens with one attached hydrogen (secondary N) is 1. The number of carbonyl (C=O) groups is 1. The molecule has 1 N–H and O–H groups in total. The summed E-state index contributed by atoms with van der Waals surface area (Å²) in [5.41, 5.74) is 1.38. The molecule has 0 radical (unpaired) electrons. The maximum atomic E-state index is 13.5. The molecule has 0 aliphatic carbocycles. The fraction of sp³-hybridized carbons (Fsp3) is 0.167. The number of amides is 1. The molecule has 0 aliphatic heterocycles. The van der Waals surface area contributed by atoms with Crippen molar-refractivity contribution in [2.24, 2.45) is 0 Å². The lowest BCUT2D eigenvalue weighted by Gasteiger charge is -2.15. The van der Waals surface area contributed by atoms with Crippen LogP contribution in [-0.4, -0.2) is 33.3 Å². The number of hydrogen-bond acceptors (Lipinski definition) is 4. The van der Waals surface area contributed by atoms with Crippen LogP contribution in [0, 0.1) is 5.82 Å². The van der Waals surface area contributed by atoms with Crippen LogP contribution in [-0.2, 0) is 0 Å². The van der Waals surface area contributed by atoms with Crippen molar-refractivity contribution in [3.05, 3.63) is 72.6 Å². The molecule has 1 aromatic heterocycles. The average Bonchev–Trinajstić information content (AvgIpc) is 3.16. The molecule has 7 heteroatoms. The Hall–Kier alpha value is -3.22. The Kier molecular flexibility index (Phi) is 5.03. The average molecular weight is 340 g/mol. The van der Waals surface area contributed by atoms with Gasteiger partial charge in [-0.3, -0.25) is 9.36 Å². The Balaban J connectivity index is 1.55. The summed E-state index contributed by atoms with van der Waals surface area (Å²) in [5.74, 6) is -0.479. The topological polar surface area (TPSA) is 69.0 Å². The van der Waals surface area contributed by atoms with Gasteiger partial charge in [-0.05, 0) is 43.3 Å². The van der Waals surface area contributed by atoms with E-state index in [4.69, 9.17) is 4.74 Å². The summed E-state index contributed by atoms with van der Waals surface area (Å²) in [6.45, 7) is 1.97. The van der Waals surface area contributed by atoms with Crippen molar-refractivity contribution in [1.29, 1.82) is 0 Å². The van der Waals surface area contributed by atoms with Crippen molar-refractivity contribution >= 4 is 5.91 Å². The van der Waals surface area contributed by atoms with Gasteiger partial charge < -0.3 is 10.1 Å². The van der Waals surface area contributed by atoms with Crippen LogP contribution in [0.4, 0.5) is 4.39 Å². The van der Waals surface area contributed by atoms with Crippen LogP contribution in [0.15, 0.2) is 61.2 Å². The third-order valence-corrected chi connectivity index (χ3v) is 3.55. The molecule has 6 nitrogen and oxygen atoms in total. The number of aromatic nitrogens is 3. The third-order valence-electron chi connectivity index (χ3n) is 3.55. The molecule has 0 fully saturated rings. The zero-order valence-electron chi connectivity index (χ0n) is 13.6. The van der Waals surface area contributed by atoms with Gasteiger partial charge in [-0.1, -0.05) is 12.1 Å². The van der Waals surface area contributed by atoms with Crippen molar-refractivity contribution in [2.45, 2.75) is 13.0 Å². The van der Waals surface area contributed by atoms with Crippen LogP contribution < -0.4 is 10.1 Å². The number of rotatable bonds is 6. The number of ether oxygens (including phenoxy) is 1. The van der Waals surface area contributed by atoms with Gasteiger partial charge in [0.05, 0.1) is 6.04 Å². The predicted octanol–water partition coefficient (Wildman–Crippen LogP) is 2.60. The number of carbonyl (C=O) groups excluding carboxylic acids is 1. The lowest BCUT2D eigenvalue weighted by Crippen LogP contribution is -2.36. The van der Waals surface area contributed by atoms with Crippen LogP contribution in [0.2, 0.25) is 0 Å². The number of para-hydroxylation sites is 1. The molecular weight excluding hydrogens is 323 g/mol. The fourth-order valence-electron chi connectivity index (χ4n) is 2.24. The highest BCUT2D eigenvalue weighted by molar-refractivity contribution is 5.94. The smallest absolute Gasteiger partial charge is 0.251 e. The van der Waals surface area contributed by atoms with Crippen LogP contribution in [0.3, 0.4) is 0 Å². The van der Waals surface area contributed by atoms with Gasteiger partial charge >= 0.3 is 0 Å². The Morgan fingerprint density at radius 1 is 1.16 bits per heavy atom. The predicted molar refractivity (Wildman–Crippen MR) is 90.2 cm³/mol. The highest BCUT2D eigenvalue weighted by Gasteiger charge is 2.11. The minimum atomic E-state index is -0.425. The molecule has 0 saturated heterocycles. The van der Waals surface area contributed by atoms with E-state index in [9.17, 15) is 9.18 Å². The van der Waals surface area contributed by atoms with Gasteiger partial charge in [-0.15, -0.1) is 10.2 Å². The first-order valence-electron chi connectivity index (χ1n) is 7.77. The Morgan fingerprint density at radius 3 is 2.52 bits per heavy atom. The molecule has 128 valence electrons. The quantitative estimate of drug-likeness (QED) is 0.749. The summed E-state index contributed by atoms with van der Waals surface area (Å²) in [6.07, 6.45) is 3.16. The summed E-state index contributed by atoms with van der Waals surface area (Å²) >= 11 is 0. The maximum absolute atomic E-state index is 13.5. The van der Waals surface area contributed by atoms with Gasteiger partial charge in [0, 0.05) is 11.3 Å². The van der Waals surface area contributed by atoms with E-state index in [2.05, 4.69) is 15.5 Å². The van der Waals surface area contributed by atoms with E-state index in [1.165, 1.54) is 6.07 Å². The standard InChI is InChI=1S/C18H17FN4O2/c1-13(10-25-17-5-3-2-4-16(17)19)22-18(24)14-6-8-15(9-7-14)23-11-20-21-12-23/h2-9,11-13H,10H2,1H3,(H,22,24). The van der Waals surface area contributed by atoms with E-state index in [1.54, 1.807) is 66.6 Å². The van der Waals surface area contributed by atoms with E-state index in [-0.39, 0.29) is 24.3 Å². The molecule has 1 unspecified atom stereocenters. The second-order valence-corrected chi connectivity index (χ2v) is 5.53. The summed E-state index contributed by atoms with van der Waals surface area (Å²) in [5, 5.41) is 10.3. The van der Waals surface area contributed by atoms with Crippen LogP contribution in [0.25, 0.3) is 5.69 Å². The lowest BCUT2D eigenvalue weighted by atomic mass is 10.2. The highest BCUT2D eigenvalue weighted by Crippen LogP contribution is 2.15. The molecule has 3 aromatic rings. The summed E-state index contributed by atoms with van der Waals surface area (Å²) in [7, 11) is 0. The van der Waals surface area contributed by atoms with Gasteiger partial charge in [-0.25, -0.2) is 4.39 Å². The zero-order chi connectivity index (χ0) is 17.6. The van der Waals surface area contributed by atoms with Gasteiger partial charge in [-0.2, -0.15) is 0 Å². The first-order chi connectivity index (χ1) is 12.1. The molecule has 2 aromatic carbocycles. The second-order valence-electron chi connectivity index (χ2n) is 5.53. The number of hydrogen-bond donors (Lipinski definition) is 1. The molecule has 1 heterocycles. The van der Waals surface area contributed by atoms with Crippen molar-refractivity contribution < 1.29 is 13.9 Å². The number of halogens is 1. The van der Waals surface area contributed by atoms with E-state index >= 15 is 0 Å². The zero-order valence-corrected chi connectivity index (χ0v) is 13.6. The summed E-state index contributed by atoms with van der Waals surface area (Å²) < 4.78 is 20.6. The molecule has 0 spiro atoms. The largest absolute Gasteiger partial charge is 0.488 e. The molecule has 0 saturated carbocycles. The Morgan fingerprint density at radius 2 is 1.84 bits per heavy atom. The van der Waals surface area contributed by atoms with Crippen molar-refractivity contribution in [1.82, 2.24) is 20.1 Å². The molecule has 1 amide bonds. The minimum absolute atomic E-state index is 0.168. The summed E-state index contributed by atoms with van der Waals surface area (Å²) in [6, 6.07) is 12.9. The van der Waals surface area contributed by atoms with Gasteiger partial charge in [0.2, 0.25) is 0 Å². The van der Waals surface area contributed by atoms with Crippen LogP contribution >= 0.6 is 0 Å². The first kappa shape index (κ1) is 16.6. The van der Waals surface area contributed by atoms with Crippen LogP contribution in [0.1, 0.15) is 17.3 Å². The molecule has 25 heavy (non-hydrogen) atoms. The summed E-state index contributed by atoms with van der Waals surface area (Å²) in [4.78, 5) is 12.3. The van der Waals surface area contributed by atoms with Gasteiger partial charge in [0.15, 0.2) is 11.6 Å². The maximum Gasteiger partial charge on any atom is 0.251 e. The van der Waals surface area contributed by atoms with Crippen molar-refractivity contribution in [3.63, 3.8) is 0 Å². The fourth-order valence-corrected chi connectivity index (χ4v) is 2.24. The number of nitrogens with zero attached hydrogens (tertiary/aromatic N) is 3. The normalized spacial score (nSPS) is 11.8. The van der Waals surface area contributed by atoms with E-state index < -0.39 is 5.82 Å². The SMILES string of the molecule is CC(COc1ccccc1F)NC(=O)c1ccc(-n2cnnc2)cc1. The van der Waals surface area contributed by atoms with Crippen molar-refractivity contribution in [2.75, 3.05) is 6.61 Å². The monoisotopic (exact) mass is 340 g/mol. The second kappa shape index (κ2) is 7.57. The lowest BCUT2D eigenvalue weighted by molar-refractivity contribution is 0.0926. The molecule has 0 aliphatic rings. The van der Waals surface area contributed by atoms with E-state index in [0.29, 0.717) is 5.56 Å². The number of benzene rings is 2. The molecule has 3 rings (SSSR count). The van der Waals surface area contributed by atoms with Gasteiger partial charge in [0.25, 0.3) is 5.91 Å². The molecule has 0 bridgehead atoms. The molecule has 1 atom stereocenters. The third kappa shape index (κ3) is 4.20. The Bertz CT molecular complexity index is 835. The first-order valence-corrected chi connectivity index (χ1v) is 7.77. The van der Waals surface area contributed by atoms with Crippen LogP contribution in [0.5, 0.6) is 5.75 Å². The van der Waals surface area contributed by atoms with E-state index in [1.807, 2.05) is 0 Å². The minimum Gasteiger partial charge on any atom is -0.488 e. The van der Waals surface area contributed by atoms with Gasteiger partial charge in [0.1, 0.15) is 19.3 Å². The highest BCUT2D eigenvalue weighted by atomic mass is 19.1.